The zero-order valence-corrected chi connectivity index (χ0v) is 17.8. The van der Waals surface area contributed by atoms with Crippen molar-refractivity contribution in [3.8, 4) is 16.9 Å². The van der Waals surface area contributed by atoms with Gasteiger partial charge in [-0.25, -0.2) is 4.39 Å². The van der Waals surface area contributed by atoms with Crippen molar-refractivity contribution in [1.82, 2.24) is 0 Å². The fourth-order valence-corrected chi connectivity index (χ4v) is 3.64. The topological polar surface area (TPSA) is 74.7 Å². The Morgan fingerprint density at radius 3 is 2.66 bits per heavy atom. The summed E-state index contributed by atoms with van der Waals surface area (Å²) >= 11 is 0. The maximum atomic E-state index is 14.7. The number of carbonyl (C=O) groups is 1. The Bertz CT molecular complexity index is 1250. The Balaban J connectivity index is 1.55. The zero-order valence-electron chi connectivity index (χ0n) is 17.8. The number of rotatable bonds is 8. The molecule has 5 nitrogen and oxygen atoms in total. The van der Waals surface area contributed by atoms with Crippen LogP contribution < -0.4 is 10.5 Å². The van der Waals surface area contributed by atoms with Crippen LogP contribution in [0.1, 0.15) is 23.6 Å². The van der Waals surface area contributed by atoms with Crippen molar-refractivity contribution in [2.45, 2.75) is 26.5 Å². The van der Waals surface area contributed by atoms with Crippen molar-refractivity contribution < 1.29 is 23.1 Å². The van der Waals surface area contributed by atoms with Gasteiger partial charge in [0.15, 0.2) is 0 Å². The SMILES string of the molecule is CCOC(=O)Cc1ccccc1OCc1coc2cc(-c3cccc(CN)c3F)ccc12. The van der Waals surface area contributed by atoms with Gasteiger partial charge in [0.25, 0.3) is 0 Å². The summed E-state index contributed by atoms with van der Waals surface area (Å²) in [6, 6.07) is 18.1. The second kappa shape index (κ2) is 9.66. The van der Waals surface area contributed by atoms with E-state index in [9.17, 15) is 9.18 Å². The van der Waals surface area contributed by atoms with Crippen LogP contribution in [0.25, 0.3) is 22.1 Å². The number of nitrogens with two attached hydrogens (primary N) is 1. The molecule has 4 rings (SSSR count). The van der Waals surface area contributed by atoms with Gasteiger partial charge in [0.05, 0.1) is 19.3 Å². The number of esters is 1. The lowest BCUT2D eigenvalue weighted by molar-refractivity contribution is -0.142. The van der Waals surface area contributed by atoms with Crippen LogP contribution in [0.15, 0.2) is 71.3 Å². The van der Waals surface area contributed by atoms with E-state index in [1.54, 1.807) is 31.4 Å². The quantitative estimate of drug-likeness (QED) is 0.378. The lowest BCUT2D eigenvalue weighted by Crippen LogP contribution is -2.09. The normalized spacial score (nSPS) is 11.0. The van der Waals surface area contributed by atoms with Gasteiger partial charge in [0.2, 0.25) is 0 Å². The summed E-state index contributed by atoms with van der Waals surface area (Å²) < 4.78 is 31.4. The van der Waals surface area contributed by atoms with Gasteiger partial charge < -0.3 is 19.6 Å². The summed E-state index contributed by atoms with van der Waals surface area (Å²) in [6.45, 7) is 2.52. The molecule has 0 atom stereocenters. The molecule has 0 saturated carbocycles. The van der Waals surface area contributed by atoms with Crippen LogP contribution >= 0.6 is 0 Å². The molecule has 0 spiro atoms. The highest BCUT2D eigenvalue weighted by Crippen LogP contribution is 2.31. The summed E-state index contributed by atoms with van der Waals surface area (Å²) in [5, 5.41) is 0.881. The first-order valence-corrected chi connectivity index (χ1v) is 10.4. The van der Waals surface area contributed by atoms with Crippen LogP contribution in [0.3, 0.4) is 0 Å². The van der Waals surface area contributed by atoms with Crippen molar-refractivity contribution in [3.63, 3.8) is 0 Å². The summed E-state index contributed by atoms with van der Waals surface area (Å²) in [7, 11) is 0. The highest BCUT2D eigenvalue weighted by atomic mass is 19.1. The van der Waals surface area contributed by atoms with Gasteiger partial charge in [-0.05, 0) is 24.6 Å². The standard InChI is InChI=1S/C26H24FNO4/c1-2-30-25(29)13-18-6-3-4-9-23(18)31-15-20-16-32-24-12-17(10-11-21(20)24)22-8-5-7-19(14-28)26(22)27/h3-12,16H,2,13-15,28H2,1H3. The minimum absolute atomic E-state index is 0.141. The molecule has 0 fully saturated rings. The van der Waals surface area contributed by atoms with E-state index in [-0.39, 0.29) is 31.4 Å². The number of benzene rings is 3. The highest BCUT2D eigenvalue weighted by molar-refractivity contribution is 5.86. The van der Waals surface area contributed by atoms with E-state index < -0.39 is 0 Å². The van der Waals surface area contributed by atoms with Crippen molar-refractivity contribution >= 4 is 16.9 Å². The molecule has 3 aromatic carbocycles. The molecule has 0 aliphatic rings. The van der Waals surface area contributed by atoms with E-state index in [1.165, 1.54) is 0 Å². The molecule has 0 bridgehead atoms. The van der Waals surface area contributed by atoms with Gasteiger partial charge in [-0.3, -0.25) is 4.79 Å². The summed E-state index contributed by atoms with van der Waals surface area (Å²) in [4.78, 5) is 11.9. The molecular weight excluding hydrogens is 409 g/mol. The molecule has 1 heterocycles. The number of ether oxygens (including phenoxy) is 2. The third-order valence-corrected chi connectivity index (χ3v) is 5.26. The second-order valence-electron chi connectivity index (χ2n) is 7.33. The maximum absolute atomic E-state index is 14.7. The molecule has 164 valence electrons. The monoisotopic (exact) mass is 433 g/mol. The second-order valence-corrected chi connectivity index (χ2v) is 7.33. The average molecular weight is 433 g/mol. The third-order valence-electron chi connectivity index (χ3n) is 5.26. The number of carbonyl (C=O) groups excluding carboxylic acids is 1. The number of hydrogen-bond acceptors (Lipinski definition) is 5. The number of furan rings is 1. The molecule has 0 unspecified atom stereocenters. The highest BCUT2D eigenvalue weighted by Gasteiger charge is 2.14. The maximum Gasteiger partial charge on any atom is 0.310 e. The fourth-order valence-electron chi connectivity index (χ4n) is 3.64. The van der Waals surface area contributed by atoms with Gasteiger partial charge in [-0.2, -0.15) is 0 Å². The van der Waals surface area contributed by atoms with Crippen LogP contribution in [-0.2, 0) is 29.1 Å². The molecule has 0 amide bonds. The van der Waals surface area contributed by atoms with Crippen molar-refractivity contribution in [2.75, 3.05) is 6.61 Å². The predicted octanol–water partition coefficient (Wildman–Crippen LogP) is 5.38. The van der Waals surface area contributed by atoms with Gasteiger partial charge in [0, 0.05) is 34.2 Å². The molecule has 0 aliphatic heterocycles. The first kappa shape index (κ1) is 21.6. The predicted molar refractivity (Wildman–Crippen MR) is 121 cm³/mol. The largest absolute Gasteiger partial charge is 0.488 e. The van der Waals surface area contributed by atoms with Gasteiger partial charge in [-0.15, -0.1) is 0 Å². The van der Waals surface area contributed by atoms with Crippen LogP contribution in [-0.4, -0.2) is 12.6 Å². The number of para-hydroxylation sites is 1. The van der Waals surface area contributed by atoms with E-state index in [0.29, 0.717) is 34.6 Å². The molecule has 32 heavy (non-hydrogen) atoms. The Morgan fingerprint density at radius 2 is 1.84 bits per heavy atom. The Kier molecular flexibility index (Phi) is 6.52. The van der Waals surface area contributed by atoms with E-state index in [1.807, 2.05) is 42.5 Å². The Hall–Kier alpha value is -3.64. The molecule has 1 aromatic heterocycles. The number of hydrogen-bond donors (Lipinski definition) is 1. The van der Waals surface area contributed by atoms with Crippen molar-refractivity contribution in [2.24, 2.45) is 5.73 Å². The first-order valence-electron chi connectivity index (χ1n) is 10.4. The Labute approximate surface area is 185 Å². The summed E-state index contributed by atoms with van der Waals surface area (Å²) in [5.41, 5.74) is 9.55. The van der Waals surface area contributed by atoms with E-state index in [0.717, 1.165) is 16.5 Å². The zero-order chi connectivity index (χ0) is 22.5. The molecule has 0 aliphatic carbocycles. The van der Waals surface area contributed by atoms with E-state index in [2.05, 4.69) is 0 Å². The van der Waals surface area contributed by atoms with Crippen molar-refractivity contribution in [3.05, 3.63) is 89.4 Å². The Morgan fingerprint density at radius 1 is 1.03 bits per heavy atom. The number of fused-ring (bicyclic) bond motifs is 1. The van der Waals surface area contributed by atoms with Gasteiger partial charge >= 0.3 is 5.97 Å². The average Bonchev–Trinajstić information content (AvgIpc) is 3.21. The minimum Gasteiger partial charge on any atom is -0.488 e. The fraction of sp³-hybridized carbons (Fsp3) is 0.192. The van der Waals surface area contributed by atoms with E-state index >= 15 is 0 Å². The van der Waals surface area contributed by atoms with E-state index in [4.69, 9.17) is 19.6 Å². The molecular formula is C26H24FNO4. The molecule has 0 radical (unpaired) electrons. The number of halogens is 1. The lowest BCUT2D eigenvalue weighted by atomic mass is 10.0. The lowest BCUT2D eigenvalue weighted by Gasteiger charge is -2.11. The molecule has 6 heteroatoms. The summed E-state index contributed by atoms with van der Waals surface area (Å²) in [5.74, 6) is 0.00522. The van der Waals surface area contributed by atoms with Gasteiger partial charge in [0.1, 0.15) is 23.8 Å². The van der Waals surface area contributed by atoms with Crippen LogP contribution in [0, 0.1) is 5.82 Å². The van der Waals surface area contributed by atoms with Crippen LogP contribution in [0.4, 0.5) is 4.39 Å². The smallest absolute Gasteiger partial charge is 0.310 e. The molecule has 0 saturated heterocycles. The summed E-state index contributed by atoms with van der Waals surface area (Å²) in [6.07, 6.45) is 1.78. The van der Waals surface area contributed by atoms with Gasteiger partial charge in [-0.1, -0.05) is 48.5 Å². The third kappa shape index (κ3) is 4.50. The molecule has 4 aromatic rings. The minimum atomic E-state index is -0.317. The van der Waals surface area contributed by atoms with Crippen LogP contribution in [0.5, 0.6) is 5.75 Å². The van der Waals surface area contributed by atoms with Crippen LogP contribution in [0.2, 0.25) is 0 Å². The molecule has 2 N–H and O–H groups in total. The first-order chi connectivity index (χ1) is 15.6. The van der Waals surface area contributed by atoms with Crippen molar-refractivity contribution in [1.29, 1.82) is 0 Å².